The average molecular weight is 496 g/mol. The third-order valence-electron chi connectivity index (χ3n) is 5.53. The van der Waals surface area contributed by atoms with Gasteiger partial charge in [-0.25, -0.2) is 9.97 Å². The van der Waals surface area contributed by atoms with Crippen LogP contribution in [0.3, 0.4) is 0 Å². The maximum absolute atomic E-state index is 11.6. The maximum atomic E-state index is 11.6. The number of nitrogens with zero attached hydrogens (tertiary/aromatic N) is 3. The summed E-state index contributed by atoms with van der Waals surface area (Å²) in [4.78, 5) is 21.0. The summed E-state index contributed by atoms with van der Waals surface area (Å²) in [6.07, 6.45) is 2.92. The normalized spacial score (nSPS) is 11.3. The second-order valence-electron chi connectivity index (χ2n) is 7.80. The molecule has 166 valence electrons. The molecule has 0 atom stereocenters. The molecule has 2 aromatic carbocycles. The predicted octanol–water partition coefficient (Wildman–Crippen LogP) is 4.27. The molecule has 0 saturated carbocycles. The number of halogens is 1. The summed E-state index contributed by atoms with van der Waals surface area (Å²) in [5.41, 5.74) is 10.5. The number of aromatic hydroxyl groups is 1. The standard InChI is InChI=1S/C24H26BrN5O2/c1-2-3-8-20-29-22-23(17-6-4-5-7-18(17)28-24(22)26)30(20)14-15-9-10-19(31)16(11-15)13-27-21(32)12-25/h4-7,9-11,31H,2-3,8,12-14H2,1H3,(H2,26,28)(H,27,32). The lowest BCUT2D eigenvalue weighted by Crippen LogP contribution is -2.23. The predicted molar refractivity (Wildman–Crippen MR) is 131 cm³/mol. The molecule has 2 aromatic heterocycles. The molecular formula is C24H26BrN5O2. The van der Waals surface area contributed by atoms with Crippen LogP contribution in [0.25, 0.3) is 21.9 Å². The van der Waals surface area contributed by atoms with Crippen molar-refractivity contribution >= 4 is 49.6 Å². The van der Waals surface area contributed by atoms with Crippen molar-refractivity contribution < 1.29 is 9.90 Å². The van der Waals surface area contributed by atoms with Gasteiger partial charge in [0, 0.05) is 30.5 Å². The number of nitrogens with one attached hydrogen (secondary N) is 1. The van der Waals surface area contributed by atoms with Crippen molar-refractivity contribution in [2.75, 3.05) is 11.1 Å². The first kappa shape index (κ1) is 22.1. The minimum absolute atomic E-state index is 0.133. The van der Waals surface area contributed by atoms with E-state index < -0.39 is 0 Å². The number of hydrogen-bond donors (Lipinski definition) is 3. The largest absolute Gasteiger partial charge is 0.508 e. The van der Waals surface area contributed by atoms with E-state index in [4.69, 9.17) is 10.7 Å². The number of benzene rings is 2. The number of hydrogen-bond acceptors (Lipinski definition) is 5. The summed E-state index contributed by atoms with van der Waals surface area (Å²) in [5, 5.41) is 14.3. The lowest BCUT2D eigenvalue weighted by molar-refractivity contribution is -0.118. The lowest BCUT2D eigenvalue weighted by atomic mass is 10.1. The molecule has 7 nitrogen and oxygen atoms in total. The molecule has 0 fully saturated rings. The van der Waals surface area contributed by atoms with E-state index in [-0.39, 0.29) is 23.5 Å². The number of aromatic nitrogens is 3. The Kier molecular flexibility index (Phi) is 6.60. The minimum Gasteiger partial charge on any atom is -0.508 e. The van der Waals surface area contributed by atoms with Crippen molar-refractivity contribution in [2.24, 2.45) is 0 Å². The first-order valence-corrected chi connectivity index (χ1v) is 11.8. The van der Waals surface area contributed by atoms with Gasteiger partial charge in [-0.15, -0.1) is 0 Å². The van der Waals surface area contributed by atoms with Crippen molar-refractivity contribution in [3.8, 4) is 5.75 Å². The van der Waals surface area contributed by atoms with Crippen LogP contribution in [0.2, 0.25) is 0 Å². The zero-order chi connectivity index (χ0) is 22.7. The number of imidazole rings is 1. The molecule has 4 N–H and O–H groups in total. The van der Waals surface area contributed by atoms with Crippen molar-refractivity contribution in [3.05, 3.63) is 59.4 Å². The van der Waals surface area contributed by atoms with Gasteiger partial charge in [0.2, 0.25) is 5.91 Å². The topological polar surface area (TPSA) is 106 Å². The summed E-state index contributed by atoms with van der Waals surface area (Å²) < 4.78 is 2.21. The molecule has 0 bridgehead atoms. The molecule has 2 heterocycles. The van der Waals surface area contributed by atoms with Crippen molar-refractivity contribution in [3.63, 3.8) is 0 Å². The fraction of sp³-hybridized carbons (Fsp3) is 0.292. The van der Waals surface area contributed by atoms with Gasteiger partial charge in [-0.05, 0) is 30.2 Å². The number of unbranched alkanes of at least 4 members (excludes halogenated alkanes) is 1. The van der Waals surface area contributed by atoms with E-state index in [1.165, 1.54) is 0 Å². The number of para-hydroxylation sites is 1. The second-order valence-corrected chi connectivity index (χ2v) is 8.36. The van der Waals surface area contributed by atoms with E-state index in [0.717, 1.165) is 52.6 Å². The molecule has 8 heteroatoms. The molecule has 0 aliphatic heterocycles. The van der Waals surface area contributed by atoms with E-state index in [9.17, 15) is 9.90 Å². The third kappa shape index (κ3) is 4.41. The summed E-state index contributed by atoms with van der Waals surface area (Å²) in [7, 11) is 0. The summed E-state index contributed by atoms with van der Waals surface area (Å²) >= 11 is 3.14. The van der Waals surface area contributed by atoms with Crippen molar-refractivity contribution in [2.45, 2.75) is 39.3 Å². The molecule has 0 radical (unpaired) electrons. The molecule has 4 rings (SSSR count). The highest BCUT2D eigenvalue weighted by molar-refractivity contribution is 9.09. The number of fused-ring (bicyclic) bond motifs is 3. The van der Waals surface area contributed by atoms with Gasteiger partial charge in [0.15, 0.2) is 5.82 Å². The molecule has 4 aromatic rings. The van der Waals surface area contributed by atoms with Gasteiger partial charge >= 0.3 is 0 Å². The average Bonchev–Trinajstić information content (AvgIpc) is 3.16. The van der Waals surface area contributed by atoms with Crippen molar-refractivity contribution in [1.82, 2.24) is 19.9 Å². The van der Waals surface area contributed by atoms with Gasteiger partial charge in [-0.2, -0.15) is 0 Å². The van der Waals surface area contributed by atoms with Gasteiger partial charge < -0.3 is 20.7 Å². The fourth-order valence-corrected chi connectivity index (χ4v) is 4.10. The first-order chi connectivity index (χ1) is 15.5. The molecule has 1 amide bonds. The molecule has 0 aliphatic rings. The Bertz CT molecular complexity index is 1280. The number of phenols is 1. The van der Waals surface area contributed by atoms with E-state index >= 15 is 0 Å². The van der Waals surface area contributed by atoms with Crippen LogP contribution < -0.4 is 11.1 Å². The molecular weight excluding hydrogens is 470 g/mol. The van der Waals surface area contributed by atoms with Crippen molar-refractivity contribution in [1.29, 1.82) is 0 Å². The Morgan fingerprint density at radius 1 is 1.22 bits per heavy atom. The van der Waals surface area contributed by atoms with E-state index in [0.29, 0.717) is 17.9 Å². The number of carbonyl (C=O) groups excluding carboxylic acids is 1. The van der Waals surface area contributed by atoms with Gasteiger partial charge in [0.05, 0.1) is 16.4 Å². The Morgan fingerprint density at radius 3 is 2.81 bits per heavy atom. The summed E-state index contributed by atoms with van der Waals surface area (Å²) in [6, 6.07) is 13.4. The van der Waals surface area contributed by atoms with Crippen LogP contribution in [-0.2, 0) is 24.3 Å². The number of alkyl halides is 1. The third-order valence-corrected chi connectivity index (χ3v) is 6.03. The number of amides is 1. The van der Waals surface area contributed by atoms with Crippen LogP contribution in [0.15, 0.2) is 42.5 Å². The molecule has 0 unspecified atom stereocenters. The molecule has 0 spiro atoms. The SMILES string of the molecule is CCCCc1nc2c(N)nc3ccccc3c2n1Cc1ccc(O)c(CNC(=O)CBr)c1. The number of aryl methyl sites for hydroxylation is 1. The van der Waals surface area contributed by atoms with Crippen LogP contribution in [0.1, 0.15) is 36.7 Å². The van der Waals surface area contributed by atoms with Crippen LogP contribution >= 0.6 is 15.9 Å². The summed E-state index contributed by atoms with van der Waals surface area (Å²) in [6.45, 7) is 2.99. The fourth-order valence-electron chi connectivity index (χ4n) is 3.90. The Hall–Kier alpha value is -3.13. The van der Waals surface area contributed by atoms with E-state index in [1.54, 1.807) is 6.07 Å². The van der Waals surface area contributed by atoms with Gasteiger partial charge in [0.25, 0.3) is 0 Å². The molecule has 0 aliphatic carbocycles. The minimum atomic E-state index is -0.133. The first-order valence-electron chi connectivity index (χ1n) is 10.7. The Labute approximate surface area is 194 Å². The highest BCUT2D eigenvalue weighted by Gasteiger charge is 2.18. The number of nitrogen functional groups attached to an aromatic ring is 1. The quantitative estimate of drug-likeness (QED) is 0.316. The number of nitrogens with two attached hydrogens (primary N) is 1. The number of anilines is 1. The zero-order valence-corrected chi connectivity index (χ0v) is 19.5. The molecule has 32 heavy (non-hydrogen) atoms. The highest BCUT2D eigenvalue weighted by Crippen LogP contribution is 2.30. The van der Waals surface area contributed by atoms with Gasteiger partial charge in [0.1, 0.15) is 17.1 Å². The number of phenolic OH excluding ortho intramolecular Hbond substituents is 1. The van der Waals surface area contributed by atoms with Crippen LogP contribution in [0.5, 0.6) is 5.75 Å². The van der Waals surface area contributed by atoms with Crippen LogP contribution in [0.4, 0.5) is 5.82 Å². The van der Waals surface area contributed by atoms with Gasteiger partial charge in [-0.1, -0.05) is 53.5 Å². The number of pyridine rings is 1. The second kappa shape index (κ2) is 9.56. The highest BCUT2D eigenvalue weighted by atomic mass is 79.9. The molecule has 0 saturated heterocycles. The lowest BCUT2D eigenvalue weighted by Gasteiger charge is -2.13. The smallest absolute Gasteiger partial charge is 0.230 e. The number of rotatable bonds is 8. The van der Waals surface area contributed by atoms with Gasteiger partial charge in [-0.3, -0.25) is 4.79 Å². The van der Waals surface area contributed by atoms with E-state index in [2.05, 4.69) is 37.7 Å². The van der Waals surface area contributed by atoms with E-state index in [1.807, 2.05) is 36.4 Å². The maximum Gasteiger partial charge on any atom is 0.230 e. The number of carbonyl (C=O) groups is 1. The monoisotopic (exact) mass is 495 g/mol. The Morgan fingerprint density at radius 2 is 2.03 bits per heavy atom. The Balaban J connectivity index is 1.80. The van der Waals surface area contributed by atoms with Crippen LogP contribution in [-0.4, -0.2) is 30.9 Å². The van der Waals surface area contributed by atoms with Crippen LogP contribution in [0, 0.1) is 0 Å². The summed E-state index contributed by atoms with van der Waals surface area (Å²) in [5.74, 6) is 1.42. The zero-order valence-electron chi connectivity index (χ0n) is 17.9.